The topological polar surface area (TPSA) is 143 Å². The Bertz CT molecular complexity index is 1260. The van der Waals surface area contributed by atoms with E-state index in [0.29, 0.717) is 28.8 Å². The van der Waals surface area contributed by atoms with Gasteiger partial charge in [0.2, 0.25) is 5.95 Å². The number of ether oxygens (including phenoxy) is 1. The summed E-state index contributed by atoms with van der Waals surface area (Å²) in [5, 5.41) is 19.9. The second-order valence-corrected chi connectivity index (χ2v) is 10.5. The minimum atomic E-state index is -1.09. The van der Waals surface area contributed by atoms with E-state index in [1.165, 1.54) is 11.3 Å². The van der Waals surface area contributed by atoms with Gasteiger partial charge >= 0.3 is 5.97 Å². The number of nitrogens with one attached hydrogen (secondary N) is 3. The highest BCUT2D eigenvalue weighted by atomic mass is 32.1. The molecule has 0 aliphatic heterocycles. The first-order valence-electron chi connectivity index (χ1n) is 12.8. The first kappa shape index (κ1) is 29.6. The van der Waals surface area contributed by atoms with Crippen LogP contribution in [0.25, 0.3) is 0 Å². The molecule has 4 N–H and O–H groups in total. The number of hydrogen-bond acceptors (Lipinski definition) is 9. The number of amides is 2. The Labute approximate surface area is 232 Å². The molecule has 2 amide bonds. The molecule has 1 unspecified atom stereocenters. The third kappa shape index (κ3) is 9.06. The van der Waals surface area contributed by atoms with Gasteiger partial charge in [-0.1, -0.05) is 32.0 Å². The number of rotatable bonds is 13. The Morgan fingerprint density at radius 2 is 1.79 bits per heavy atom. The van der Waals surface area contributed by atoms with Crippen molar-refractivity contribution in [2.24, 2.45) is 5.92 Å². The number of phenols is 1. The third-order valence-electron chi connectivity index (χ3n) is 5.69. The van der Waals surface area contributed by atoms with E-state index in [0.717, 1.165) is 18.4 Å². The van der Waals surface area contributed by atoms with E-state index in [4.69, 9.17) is 4.74 Å². The van der Waals surface area contributed by atoms with Gasteiger partial charge in [0.1, 0.15) is 11.8 Å². The molecule has 3 rings (SSSR count). The number of benzene rings is 1. The normalized spacial score (nSPS) is 11.6. The summed E-state index contributed by atoms with van der Waals surface area (Å²) in [5.74, 6) is -0.750. The molecule has 0 aliphatic rings. The van der Waals surface area contributed by atoms with E-state index in [9.17, 15) is 19.5 Å². The van der Waals surface area contributed by atoms with Gasteiger partial charge in [0.25, 0.3) is 11.8 Å². The molecule has 10 nitrogen and oxygen atoms in total. The van der Waals surface area contributed by atoms with Gasteiger partial charge in [-0.3, -0.25) is 9.59 Å². The first-order chi connectivity index (χ1) is 18.6. The number of aromatic hydroxyl groups is 1. The van der Waals surface area contributed by atoms with Gasteiger partial charge in [-0.05, 0) is 61.7 Å². The Balaban J connectivity index is 1.63. The number of thiophene rings is 1. The largest absolute Gasteiger partial charge is 0.508 e. The molecule has 0 saturated carbocycles. The maximum atomic E-state index is 13.2. The summed E-state index contributed by atoms with van der Waals surface area (Å²) in [6.07, 6.45) is 1.57. The van der Waals surface area contributed by atoms with E-state index < -0.39 is 17.9 Å². The molecule has 0 bridgehead atoms. The maximum Gasteiger partial charge on any atom is 0.330 e. The van der Waals surface area contributed by atoms with Gasteiger partial charge in [0.05, 0.1) is 28.4 Å². The van der Waals surface area contributed by atoms with Crippen LogP contribution in [0.2, 0.25) is 0 Å². The summed E-state index contributed by atoms with van der Waals surface area (Å²) < 4.78 is 5.34. The highest BCUT2D eigenvalue weighted by Gasteiger charge is 2.26. The lowest BCUT2D eigenvalue weighted by molar-refractivity contribution is -0.146. The number of nitrogens with zero attached hydrogens (tertiary/aromatic N) is 2. The second-order valence-electron chi connectivity index (χ2n) is 9.53. The highest BCUT2D eigenvalue weighted by Crippen LogP contribution is 2.15. The van der Waals surface area contributed by atoms with E-state index >= 15 is 0 Å². The van der Waals surface area contributed by atoms with Crippen molar-refractivity contribution in [3.63, 3.8) is 0 Å². The summed E-state index contributed by atoms with van der Waals surface area (Å²) in [7, 11) is 0. The van der Waals surface area contributed by atoms with Crippen molar-refractivity contribution in [1.82, 2.24) is 20.6 Å². The van der Waals surface area contributed by atoms with E-state index in [1.54, 1.807) is 43.5 Å². The number of aryl methyl sites for hydroxylation is 3. The number of carbonyl (C=O) groups excluding carboxylic acids is 3. The molecule has 0 aliphatic carbocycles. The molecule has 0 radical (unpaired) electrons. The van der Waals surface area contributed by atoms with Gasteiger partial charge < -0.3 is 25.8 Å². The van der Waals surface area contributed by atoms with Crippen molar-refractivity contribution in [2.75, 3.05) is 25.0 Å². The van der Waals surface area contributed by atoms with Gasteiger partial charge in [-0.25, -0.2) is 14.8 Å². The monoisotopic (exact) mass is 553 g/mol. The summed E-state index contributed by atoms with van der Waals surface area (Å²) in [6.45, 7) is 7.89. The molecular formula is C28H35N5O5S. The minimum absolute atomic E-state index is 0.115. The van der Waals surface area contributed by atoms with Crippen LogP contribution in [-0.4, -0.2) is 58.6 Å². The lowest BCUT2D eigenvalue weighted by Gasteiger charge is -2.20. The fourth-order valence-corrected chi connectivity index (χ4v) is 4.43. The summed E-state index contributed by atoms with van der Waals surface area (Å²) in [5.41, 5.74) is 2.19. The van der Waals surface area contributed by atoms with E-state index in [2.05, 4.69) is 25.9 Å². The van der Waals surface area contributed by atoms with E-state index in [-0.39, 0.29) is 36.3 Å². The van der Waals surface area contributed by atoms with E-state index in [1.807, 2.05) is 26.0 Å². The zero-order valence-electron chi connectivity index (χ0n) is 22.6. The summed E-state index contributed by atoms with van der Waals surface area (Å²) in [6, 6.07) is 9.48. The summed E-state index contributed by atoms with van der Waals surface area (Å²) in [4.78, 5) is 47.7. The lowest BCUT2D eigenvalue weighted by Crippen LogP contribution is -2.49. The lowest BCUT2D eigenvalue weighted by atomic mass is 10.1. The minimum Gasteiger partial charge on any atom is -0.508 e. The van der Waals surface area contributed by atoms with Crippen molar-refractivity contribution < 1.29 is 24.2 Å². The van der Waals surface area contributed by atoms with Crippen LogP contribution in [0.3, 0.4) is 0 Å². The first-order valence-corrected chi connectivity index (χ1v) is 13.7. The van der Waals surface area contributed by atoms with Gasteiger partial charge in [-0.15, -0.1) is 11.3 Å². The standard InChI is InChI=1S/C28H35N5O5S/c1-17(2)16-38-27(37)22(15-30-25(35)23-11-7-13-39-23)33-26(36)24-18(3)31-28(32-19(24)4)29-12-6-9-20-8-5-10-21(34)14-20/h5,7-8,10-11,13-14,17,22,34H,6,9,12,15-16H2,1-4H3,(H,30,35)(H,33,36)(H,29,31,32). The van der Waals surface area contributed by atoms with Crippen molar-refractivity contribution >= 4 is 35.1 Å². The highest BCUT2D eigenvalue weighted by molar-refractivity contribution is 7.12. The average Bonchev–Trinajstić information content (AvgIpc) is 3.42. The molecule has 0 fully saturated rings. The Morgan fingerprint density at radius 3 is 2.44 bits per heavy atom. The van der Waals surface area contributed by atoms with Crippen LogP contribution in [-0.2, 0) is 16.0 Å². The number of carbonyl (C=O) groups is 3. The van der Waals surface area contributed by atoms with Gasteiger partial charge in [-0.2, -0.15) is 0 Å². The van der Waals surface area contributed by atoms with Crippen LogP contribution in [0, 0.1) is 19.8 Å². The number of phenolic OH excluding ortho intramolecular Hbond substituents is 1. The van der Waals surface area contributed by atoms with Crippen molar-refractivity contribution in [1.29, 1.82) is 0 Å². The van der Waals surface area contributed by atoms with Gasteiger partial charge in [0, 0.05) is 13.1 Å². The Morgan fingerprint density at radius 1 is 1.05 bits per heavy atom. The zero-order chi connectivity index (χ0) is 28.4. The molecule has 0 spiro atoms. The fourth-order valence-electron chi connectivity index (χ4n) is 3.79. The molecule has 11 heteroatoms. The SMILES string of the molecule is Cc1nc(NCCCc2cccc(O)c2)nc(C)c1C(=O)NC(CNC(=O)c1cccs1)C(=O)OCC(C)C. The number of anilines is 1. The van der Waals surface area contributed by atoms with Crippen LogP contribution < -0.4 is 16.0 Å². The van der Waals surface area contributed by atoms with Crippen LogP contribution in [0.15, 0.2) is 41.8 Å². The predicted molar refractivity (Wildman–Crippen MR) is 150 cm³/mol. The fraction of sp³-hybridized carbons (Fsp3) is 0.393. The molecule has 208 valence electrons. The van der Waals surface area contributed by atoms with Crippen LogP contribution >= 0.6 is 11.3 Å². The Kier molecular flexibility index (Phi) is 10.8. The van der Waals surface area contributed by atoms with Crippen LogP contribution in [0.4, 0.5) is 5.95 Å². The number of esters is 1. The summed E-state index contributed by atoms with van der Waals surface area (Å²) >= 11 is 1.28. The number of hydrogen-bond donors (Lipinski definition) is 4. The zero-order valence-corrected chi connectivity index (χ0v) is 23.4. The molecule has 2 aromatic heterocycles. The molecule has 3 aromatic rings. The second kappa shape index (κ2) is 14.2. The third-order valence-corrected chi connectivity index (χ3v) is 6.56. The molecular weight excluding hydrogens is 518 g/mol. The van der Waals surface area contributed by atoms with Crippen molar-refractivity contribution in [2.45, 2.75) is 46.6 Å². The molecule has 1 atom stereocenters. The smallest absolute Gasteiger partial charge is 0.330 e. The molecule has 2 heterocycles. The quantitative estimate of drug-likeness (QED) is 0.186. The van der Waals surface area contributed by atoms with Crippen molar-refractivity contribution in [3.05, 3.63) is 69.2 Å². The molecule has 39 heavy (non-hydrogen) atoms. The van der Waals surface area contributed by atoms with Gasteiger partial charge in [0.15, 0.2) is 0 Å². The Hall–Kier alpha value is -3.99. The van der Waals surface area contributed by atoms with Crippen LogP contribution in [0.5, 0.6) is 5.75 Å². The van der Waals surface area contributed by atoms with Crippen molar-refractivity contribution in [3.8, 4) is 5.75 Å². The maximum absolute atomic E-state index is 13.2. The number of aromatic nitrogens is 2. The predicted octanol–water partition coefficient (Wildman–Crippen LogP) is 3.63. The average molecular weight is 554 g/mol. The van der Waals surface area contributed by atoms with Crippen LogP contribution in [0.1, 0.15) is 57.2 Å². The molecule has 0 saturated heterocycles. The molecule has 1 aromatic carbocycles.